The standard InChI is InChI=1S/C25H23NO5S/c1-14-8-10-16(11-9-14)26-21(24-15(2)12-13-32-24)20(23(28)25(26)29)22(27)19-17(30-3)6-5-7-18(19)31-4/h5-13,21,27H,1-4H3/b22-20+. The zero-order valence-corrected chi connectivity index (χ0v) is 19.0. The molecule has 7 heteroatoms. The summed E-state index contributed by atoms with van der Waals surface area (Å²) in [5.74, 6) is -1.10. The highest BCUT2D eigenvalue weighted by molar-refractivity contribution is 7.10. The smallest absolute Gasteiger partial charge is 0.300 e. The largest absolute Gasteiger partial charge is 0.506 e. The molecule has 3 aromatic rings. The molecule has 1 unspecified atom stereocenters. The summed E-state index contributed by atoms with van der Waals surface area (Å²) in [4.78, 5) is 28.8. The number of hydrogen-bond acceptors (Lipinski definition) is 6. The molecule has 0 saturated carbocycles. The first kappa shape index (κ1) is 21.6. The molecule has 6 nitrogen and oxygen atoms in total. The van der Waals surface area contributed by atoms with Crippen LogP contribution in [0.25, 0.3) is 5.76 Å². The van der Waals surface area contributed by atoms with Crippen LogP contribution in [0.15, 0.2) is 59.5 Å². The van der Waals surface area contributed by atoms with Crippen molar-refractivity contribution in [1.82, 2.24) is 0 Å². The molecule has 0 aliphatic carbocycles. The van der Waals surface area contributed by atoms with Crippen molar-refractivity contribution in [3.63, 3.8) is 0 Å². The minimum Gasteiger partial charge on any atom is -0.506 e. The molecule has 1 aliphatic heterocycles. The molecule has 1 N–H and O–H groups in total. The van der Waals surface area contributed by atoms with E-state index in [1.165, 1.54) is 30.5 Å². The third-order valence-corrected chi connectivity index (χ3v) is 6.64. The summed E-state index contributed by atoms with van der Waals surface area (Å²) in [5, 5.41) is 13.3. The lowest BCUT2D eigenvalue weighted by Gasteiger charge is -2.25. The second kappa shape index (κ2) is 8.51. The van der Waals surface area contributed by atoms with Crippen LogP contribution in [0.2, 0.25) is 0 Å². The fourth-order valence-corrected chi connectivity index (χ4v) is 4.96. The number of hydrogen-bond donors (Lipinski definition) is 1. The monoisotopic (exact) mass is 449 g/mol. The van der Waals surface area contributed by atoms with Crippen molar-refractivity contribution < 1.29 is 24.2 Å². The predicted molar refractivity (Wildman–Crippen MR) is 125 cm³/mol. The molecular formula is C25H23NO5S. The van der Waals surface area contributed by atoms with E-state index >= 15 is 0 Å². The number of methoxy groups -OCH3 is 2. The summed E-state index contributed by atoms with van der Waals surface area (Å²) in [6.45, 7) is 3.87. The number of ether oxygens (including phenoxy) is 2. The third kappa shape index (κ3) is 3.44. The van der Waals surface area contributed by atoms with E-state index < -0.39 is 17.7 Å². The van der Waals surface area contributed by atoms with Crippen LogP contribution in [-0.4, -0.2) is 31.0 Å². The number of rotatable bonds is 5. The summed E-state index contributed by atoms with van der Waals surface area (Å²) in [5.41, 5.74) is 2.79. The molecule has 2 aromatic carbocycles. The Morgan fingerprint density at radius 2 is 1.59 bits per heavy atom. The Kier molecular flexibility index (Phi) is 5.76. The van der Waals surface area contributed by atoms with E-state index in [9.17, 15) is 14.7 Å². The number of aryl methyl sites for hydroxylation is 2. The van der Waals surface area contributed by atoms with E-state index in [-0.39, 0.29) is 16.9 Å². The lowest BCUT2D eigenvalue weighted by molar-refractivity contribution is -0.132. The van der Waals surface area contributed by atoms with Gasteiger partial charge in [0, 0.05) is 10.6 Å². The lowest BCUT2D eigenvalue weighted by atomic mass is 9.97. The molecule has 2 heterocycles. The molecule has 164 valence electrons. The van der Waals surface area contributed by atoms with Crippen LogP contribution in [0.4, 0.5) is 5.69 Å². The number of carbonyl (C=O) groups excluding carboxylic acids is 2. The summed E-state index contributed by atoms with van der Waals surface area (Å²) in [6, 6.07) is 13.6. The van der Waals surface area contributed by atoms with E-state index in [2.05, 4.69) is 0 Å². The summed E-state index contributed by atoms with van der Waals surface area (Å²) < 4.78 is 10.8. The first-order valence-corrected chi connectivity index (χ1v) is 10.9. The first-order valence-electron chi connectivity index (χ1n) is 10.0. The van der Waals surface area contributed by atoms with Crippen LogP contribution in [0.1, 0.15) is 27.6 Å². The van der Waals surface area contributed by atoms with Gasteiger partial charge in [0.15, 0.2) is 0 Å². The predicted octanol–water partition coefficient (Wildman–Crippen LogP) is 5.01. The van der Waals surface area contributed by atoms with Gasteiger partial charge in [-0.05, 0) is 55.1 Å². The molecule has 1 aliphatic rings. The van der Waals surface area contributed by atoms with Gasteiger partial charge in [0.05, 0.1) is 19.8 Å². The molecule has 32 heavy (non-hydrogen) atoms. The average molecular weight is 450 g/mol. The second-order valence-electron chi connectivity index (χ2n) is 7.51. The highest BCUT2D eigenvalue weighted by Gasteiger charge is 2.48. The van der Waals surface area contributed by atoms with Crippen molar-refractivity contribution >= 4 is 34.5 Å². The maximum absolute atomic E-state index is 13.3. The van der Waals surface area contributed by atoms with Crippen molar-refractivity contribution in [1.29, 1.82) is 0 Å². The van der Waals surface area contributed by atoms with Gasteiger partial charge < -0.3 is 14.6 Å². The van der Waals surface area contributed by atoms with Crippen LogP contribution in [0.5, 0.6) is 11.5 Å². The average Bonchev–Trinajstić information content (AvgIpc) is 3.33. The third-order valence-electron chi connectivity index (χ3n) is 5.57. The SMILES string of the molecule is COc1cccc(OC)c1/C(O)=C1\C(=O)C(=O)N(c2ccc(C)cc2)C1c1sccc1C. The highest BCUT2D eigenvalue weighted by atomic mass is 32.1. The van der Waals surface area contributed by atoms with E-state index in [4.69, 9.17) is 9.47 Å². The Bertz CT molecular complexity index is 1200. The number of anilines is 1. The molecule has 1 fully saturated rings. The van der Waals surface area contributed by atoms with E-state index in [1.807, 2.05) is 37.4 Å². The Hall–Kier alpha value is -3.58. The van der Waals surface area contributed by atoms with E-state index in [1.54, 1.807) is 30.3 Å². The van der Waals surface area contributed by atoms with Gasteiger partial charge in [0.25, 0.3) is 11.7 Å². The summed E-state index contributed by atoms with van der Waals surface area (Å²) in [6.07, 6.45) is 0. The number of thiophene rings is 1. The van der Waals surface area contributed by atoms with Crippen molar-refractivity contribution in [3.8, 4) is 11.5 Å². The molecule has 1 aromatic heterocycles. The van der Waals surface area contributed by atoms with Gasteiger partial charge in [0.1, 0.15) is 28.9 Å². The van der Waals surface area contributed by atoms with Gasteiger partial charge in [0.2, 0.25) is 0 Å². The lowest BCUT2D eigenvalue weighted by Crippen LogP contribution is -2.29. The molecule has 0 radical (unpaired) electrons. The minimum atomic E-state index is -0.771. The minimum absolute atomic E-state index is 0.00363. The zero-order valence-electron chi connectivity index (χ0n) is 18.2. The van der Waals surface area contributed by atoms with Gasteiger partial charge in [-0.3, -0.25) is 14.5 Å². The normalized spacial score (nSPS) is 17.6. The van der Waals surface area contributed by atoms with Gasteiger partial charge in [-0.2, -0.15) is 0 Å². The number of aliphatic hydroxyl groups excluding tert-OH is 1. The van der Waals surface area contributed by atoms with Crippen molar-refractivity contribution in [2.75, 3.05) is 19.1 Å². The molecule has 1 saturated heterocycles. The molecular weight excluding hydrogens is 426 g/mol. The Morgan fingerprint density at radius 1 is 0.969 bits per heavy atom. The summed E-state index contributed by atoms with van der Waals surface area (Å²) in [7, 11) is 2.94. The van der Waals surface area contributed by atoms with Crippen molar-refractivity contribution in [2.24, 2.45) is 0 Å². The molecule has 0 bridgehead atoms. The van der Waals surface area contributed by atoms with Crippen LogP contribution in [0.3, 0.4) is 0 Å². The zero-order chi connectivity index (χ0) is 23.0. The molecule has 1 amide bonds. The second-order valence-corrected chi connectivity index (χ2v) is 8.46. The van der Waals surface area contributed by atoms with Crippen LogP contribution in [-0.2, 0) is 9.59 Å². The van der Waals surface area contributed by atoms with Gasteiger partial charge >= 0.3 is 0 Å². The van der Waals surface area contributed by atoms with Crippen molar-refractivity contribution in [3.05, 3.63) is 81.1 Å². The number of carbonyl (C=O) groups is 2. The van der Waals surface area contributed by atoms with E-state index in [0.717, 1.165) is 16.0 Å². The number of ketones is 1. The van der Waals surface area contributed by atoms with Crippen LogP contribution < -0.4 is 14.4 Å². The fraction of sp³-hybridized carbons (Fsp3) is 0.200. The molecule has 1 atom stereocenters. The highest BCUT2D eigenvalue weighted by Crippen LogP contribution is 2.47. The van der Waals surface area contributed by atoms with E-state index in [0.29, 0.717) is 17.2 Å². The van der Waals surface area contributed by atoms with Gasteiger partial charge in [-0.25, -0.2) is 0 Å². The van der Waals surface area contributed by atoms with Gasteiger partial charge in [-0.1, -0.05) is 23.8 Å². The Morgan fingerprint density at radius 3 is 2.12 bits per heavy atom. The molecule has 4 rings (SSSR count). The fourth-order valence-electron chi connectivity index (χ4n) is 3.94. The van der Waals surface area contributed by atoms with Crippen molar-refractivity contribution in [2.45, 2.75) is 19.9 Å². The number of nitrogens with zero attached hydrogens (tertiary/aromatic N) is 1. The summed E-state index contributed by atoms with van der Waals surface area (Å²) >= 11 is 1.43. The Labute approximate surface area is 190 Å². The number of benzene rings is 2. The number of aliphatic hydroxyl groups is 1. The quantitative estimate of drug-likeness (QED) is 0.337. The number of Topliss-reactive ketones (excluding diaryl/α,β-unsaturated/α-hetero) is 1. The first-order chi connectivity index (χ1) is 15.4. The maximum Gasteiger partial charge on any atom is 0.300 e. The van der Waals surface area contributed by atoms with Crippen LogP contribution >= 0.6 is 11.3 Å². The topological polar surface area (TPSA) is 76.1 Å². The van der Waals surface area contributed by atoms with Crippen LogP contribution in [0, 0.1) is 13.8 Å². The van der Waals surface area contributed by atoms with Gasteiger partial charge in [-0.15, -0.1) is 11.3 Å². The molecule has 0 spiro atoms. The number of amides is 1. The maximum atomic E-state index is 13.3. The Balaban J connectivity index is 2.01.